The van der Waals surface area contributed by atoms with Crippen LogP contribution in [0.4, 0.5) is 24.5 Å². The molecular weight excluding hydrogens is 453 g/mol. The maximum Gasteiger partial charge on any atom is 0.416 e. The van der Waals surface area contributed by atoms with Crippen molar-refractivity contribution in [3.8, 4) is 0 Å². The molecule has 0 aliphatic carbocycles. The van der Waals surface area contributed by atoms with E-state index in [-0.39, 0.29) is 26.9 Å². The van der Waals surface area contributed by atoms with Gasteiger partial charge in [0, 0.05) is 11.3 Å². The second kappa shape index (κ2) is 8.60. The lowest BCUT2D eigenvalue weighted by Gasteiger charge is -2.13. The Labute approximate surface area is 181 Å². The fourth-order valence-corrected chi connectivity index (χ4v) is 4.08. The highest BCUT2D eigenvalue weighted by Crippen LogP contribution is 2.31. The lowest BCUT2D eigenvalue weighted by atomic mass is 10.1. The van der Waals surface area contributed by atoms with Crippen molar-refractivity contribution in [2.75, 3.05) is 10.0 Å². The molecule has 0 aliphatic rings. The molecule has 0 spiro atoms. The van der Waals surface area contributed by atoms with Crippen LogP contribution in [-0.2, 0) is 16.2 Å². The molecule has 0 saturated carbocycles. The summed E-state index contributed by atoms with van der Waals surface area (Å²) in [7, 11) is -4.07. The van der Waals surface area contributed by atoms with Gasteiger partial charge in [-0.3, -0.25) is 9.52 Å². The maximum atomic E-state index is 12.9. The second-order valence-corrected chi connectivity index (χ2v) is 8.68. The number of amides is 1. The monoisotopic (exact) mass is 468 g/mol. The minimum atomic E-state index is -4.56. The molecule has 3 aromatic carbocycles. The average Bonchev–Trinajstić information content (AvgIpc) is 2.69. The topological polar surface area (TPSA) is 75.3 Å². The fourth-order valence-electron chi connectivity index (χ4n) is 2.73. The molecule has 162 valence electrons. The number of benzene rings is 3. The predicted octanol–water partition coefficient (Wildman–Crippen LogP) is 5.72. The Morgan fingerprint density at radius 1 is 0.968 bits per heavy atom. The first-order valence-corrected chi connectivity index (χ1v) is 10.7. The second-order valence-electron chi connectivity index (χ2n) is 6.59. The van der Waals surface area contributed by atoms with Crippen molar-refractivity contribution >= 4 is 38.9 Å². The largest absolute Gasteiger partial charge is 0.416 e. The van der Waals surface area contributed by atoms with Gasteiger partial charge in [0.25, 0.3) is 15.9 Å². The van der Waals surface area contributed by atoms with Crippen molar-refractivity contribution in [2.45, 2.75) is 18.0 Å². The predicted molar refractivity (Wildman–Crippen MR) is 113 cm³/mol. The van der Waals surface area contributed by atoms with E-state index in [2.05, 4.69) is 10.0 Å². The zero-order valence-electron chi connectivity index (χ0n) is 16.0. The molecule has 2 N–H and O–H groups in total. The number of carbonyl (C=O) groups excluding carboxylic acids is 1. The number of halogens is 4. The van der Waals surface area contributed by atoms with Gasteiger partial charge in [0.1, 0.15) is 0 Å². The zero-order valence-corrected chi connectivity index (χ0v) is 17.6. The number of nitrogens with one attached hydrogen (secondary N) is 2. The molecule has 0 heterocycles. The van der Waals surface area contributed by atoms with Crippen LogP contribution in [0.3, 0.4) is 0 Å². The van der Waals surface area contributed by atoms with E-state index in [1.807, 2.05) is 0 Å². The number of aryl methyl sites for hydroxylation is 1. The molecule has 3 aromatic rings. The van der Waals surface area contributed by atoms with Gasteiger partial charge in [-0.15, -0.1) is 0 Å². The van der Waals surface area contributed by atoms with Gasteiger partial charge >= 0.3 is 6.18 Å². The summed E-state index contributed by atoms with van der Waals surface area (Å²) in [6, 6.07) is 14.3. The quantitative estimate of drug-likeness (QED) is 0.503. The lowest BCUT2D eigenvalue weighted by Crippen LogP contribution is -2.17. The minimum Gasteiger partial charge on any atom is -0.322 e. The Morgan fingerprint density at radius 3 is 2.35 bits per heavy atom. The van der Waals surface area contributed by atoms with Gasteiger partial charge in [0.2, 0.25) is 0 Å². The van der Waals surface area contributed by atoms with Crippen LogP contribution in [0.15, 0.2) is 71.6 Å². The van der Waals surface area contributed by atoms with E-state index in [1.54, 1.807) is 19.1 Å². The zero-order chi connectivity index (χ0) is 22.8. The molecule has 0 unspecified atom stereocenters. The number of sulfonamides is 1. The van der Waals surface area contributed by atoms with Crippen molar-refractivity contribution in [1.29, 1.82) is 0 Å². The molecule has 0 saturated heterocycles. The molecule has 1 amide bonds. The Morgan fingerprint density at radius 2 is 1.68 bits per heavy atom. The number of hydrogen-bond donors (Lipinski definition) is 2. The van der Waals surface area contributed by atoms with Crippen molar-refractivity contribution in [3.63, 3.8) is 0 Å². The molecule has 5 nitrogen and oxygen atoms in total. The number of carbonyl (C=O) groups is 1. The number of para-hydroxylation sites is 1. The van der Waals surface area contributed by atoms with Crippen LogP contribution >= 0.6 is 11.6 Å². The molecule has 0 radical (unpaired) electrons. The molecule has 0 fully saturated rings. The Bertz CT molecular complexity index is 1240. The summed E-state index contributed by atoms with van der Waals surface area (Å²) in [6.45, 7) is 1.58. The molecule has 0 bridgehead atoms. The highest BCUT2D eigenvalue weighted by molar-refractivity contribution is 7.92. The third-order valence-electron chi connectivity index (χ3n) is 4.33. The smallest absolute Gasteiger partial charge is 0.322 e. The van der Waals surface area contributed by atoms with E-state index in [4.69, 9.17) is 11.6 Å². The molecule has 0 aromatic heterocycles. The first kappa shape index (κ1) is 22.6. The van der Waals surface area contributed by atoms with Crippen molar-refractivity contribution < 1.29 is 26.4 Å². The highest BCUT2D eigenvalue weighted by Gasteiger charge is 2.30. The summed E-state index contributed by atoms with van der Waals surface area (Å²) < 4.78 is 66.5. The molecule has 0 aliphatic heterocycles. The van der Waals surface area contributed by atoms with Crippen LogP contribution in [0.5, 0.6) is 0 Å². The van der Waals surface area contributed by atoms with Gasteiger partial charge in [-0.1, -0.05) is 35.9 Å². The van der Waals surface area contributed by atoms with Gasteiger partial charge < -0.3 is 5.32 Å². The van der Waals surface area contributed by atoms with E-state index in [0.29, 0.717) is 5.56 Å². The van der Waals surface area contributed by atoms with E-state index in [0.717, 1.165) is 18.2 Å². The molecule has 31 heavy (non-hydrogen) atoms. The van der Waals surface area contributed by atoms with Crippen molar-refractivity contribution in [3.05, 3.63) is 88.4 Å². The van der Waals surface area contributed by atoms with Gasteiger partial charge in [-0.05, 0) is 55.0 Å². The third-order valence-corrected chi connectivity index (χ3v) is 6.02. The normalized spacial score (nSPS) is 11.8. The van der Waals surface area contributed by atoms with Crippen molar-refractivity contribution in [2.24, 2.45) is 0 Å². The summed E-state index contributed by atoms with van der Waals surface area (Å²) in [4.78, 5) is 12.5. The fraction of sp³-hybridized carbons (Fsp3) is 0.0952. The van der Waals surface area contributed by atoms with E-state index in [9.17, 15) is 26.4 Å². The molecular formula is C21H16ClF3N2O3S. The van der Waals surface area contributed by atoms with Crippen LogP contribution in [0.2, 0.25) is 5.02 Å². The summed E-state index contributed by atoms with van der Waals surface area (Å²) in [6.07, 6.45) is -4.56. The molecule has 10 heteroatoms. The maximum absolute atomic E-state index is 12.9. The van der Waals surface area contributed by atoms with Crippen LogP contribution in [0.1, 0.15) is 21.5 Å². The van der Waals surface area contributed by atoms with E-state index >= 15 is 0 Å². The minimum absolute atomic E-state index is 0.000514. The summed E-state index contributed by atoms with van der Waals surface area (Å²) in [5.74, 6) is -0.744. The molecule has 0 atom stereocenters. The van der Waals surface area contributed by atoms with Gasteiger partial charge in [-0.25, -0.2) is 8.42 Å². The summed E-state index contributed by atoms with van der Waals surface area (Å²) in [5.41, 5.74) is -0.371. The van der Waals surface area contributed by atoms with Gasteiger partial charge in [0.05, 0.1) is 21.2 Å². The summed E-state index contributed by atoms with van der Waals surface area (Å²) >= 11 is 5.99. The Hall–Kier alpha value is -3.04. The number of rotatable bonds is 5. The SMILES string of the molecule is Cc1ccc(S(=O)(=O)Nc2ccccc2Cl)cc1C(=O)Nc1cccc(C(F)(F)F)c1. The summed E-state index contributed by atoms with van der Waals surface area (Å²) in [5, 5.41) is 2.57. The average molecular weight is 469 g/mol. The highest BCUT2D eigenvalue weighted by atomic mass is 35.5. The molecule has 3 rings (SSSR count). The van der Waals surface area contributed by atoms with E-state index in [1.165, 1.54) is 36.4 Å². The third kappa shape index (κ3) is 5.36. The lowest BCUT2D eigenvalue weighted by molar-refractivity contribution is -0.137. The Kier molecular flexibility index (Phi) is 6.28. The standard InChI is InChI=1S/C21H16ClF3N2O3S/c1-13-9-10-16(31(29,30)27-19-8-3-2-7-18(19)22)12-17(13)20(28)26-15-6-4-5-14(11-15)21(23,24)25/h2-12,27H,1H3,(H,26,28). The van der Waals surface area contributed by atoms with Crippen LogP contribution < -0.4 is 10.0 Å². The first-order valence-electron chi connectivity index (χ1n) is 8.84. The van der Waals surface area contributed by atoms with Gasteiger partial charge in [0.15, 0.2) is 0 Å². The van der Waals surface area contributed by atoms with Crippen LogP contribution in [0, 0.1) is 6.92 Å². The van der Waals surface area contributed by atoms with Crippen LogP contribution in [-0.4, -0.2) is 14.3 Å². The first-order chi connectivity index (χ1) is 14.5. The number of anilines is 2. The number of hydrogen-bond acceptors (Lipinski definition) is 3. The van der Waals surface area contributed by atoms with Gasteiger partial charge in [-0.2, -0.15) is 13.2 Å². The number of alkyl halides is 3. The Balaban J connectivity index is 1.89. The van der Waals surface area contributed by atoms with Crippen LogP contribution in [0.25, 0.3) is 0 Å². The van der Waals surface area contributed by atoms with Crippen molar-refractivity contribution in [1.82, 2.24) is 0 Å². The van der Waals surface area contributed by atoms with E-state index < -0.39 is 27.7 Å².